The van der Waals surface area contributed by atoms with E-state index in [1.807, 2.05) is 0 Å². The van der Waals surface area contributed by atoms with Crippen molar-refractivity contribution in [1.29, 1.82) is 0 Å². The van der Waals surface area contributed by atoms with Crippen LogP contribution in [-0.4, -0.2) is 20.9 Å². The molecule has 1 N–H and O–H groups in total. The molecule has 0 fully saturated rings. The lowest BCUT2D eigenvalue weighted by molar-refractivity contribution is 0.0687. The zero-order valence-electron chi connectivity index (χ0n) is 6.80. The van der Waals surface area contributed by atoms with Crippen molar-refractivity contribution in [2.45, 2.75) is 6.54 Å². The van der Waals surface area contributed by atoms with Gasteiger partial charge in [-0.15, -0.1) is 6.58 Å². The molecule has 1 aromatic rings. The van der Waals surface area contributed by atoms with E-state index in [1.165, 1.54) is 18.2 Å². The van der Waals surface area contributed by atoms with Crippen LogP contribution in [0.4, 0.5) is 0 Å². The van der Waals surface area contributed by atoms with Gasteiger partial charge in [0.1, 0.15) is 0 Å². The number of carbonyl (C=O) groups is 1. The quantitative estimate of drug-likeness (QED) is 0.671. The molecule has 0 aliphatic carbocycles. The molecule has 0 saturated carbocycles. The zero-order valence-corrected chi connectivity index (χ0v) is 6.80. The third-order valence-corrected chi connectivity index (χ3v) is 1.39. The van der Waals surface area contributed by atoms with Crippen LogP contribution in [-0.2, 0) is 6.54 Å². The van der Waals surface area contributed by atoms with Crippen molar-refractivity contribution in [3.05, 3.63) is 40.8 Å². The highest BCUT2D eigenvalue weighted by atomic mass is 16.4. The number of carboxylic acid groups (broad SMARTS) is 1. The van der Waals surface area contributed by atoms with Crippen molar-refractivity contribution in [3.63, 3.8) is 0 Å². The van der Waals surface area contributed by atoms with Crippen LogP contribution in [0, 0.1) is 0 Å². The maximum atomic E-state index is 11.0. The molecule has 0 aliphatic rings. The molecule has 0 spiro atoms. The molecular formula is C8H8N2O3. The second kappa shape index (κ2) is 3.66. The predicted molar refractivity (Wildman–Crippen MR) is 45.7 cm³/mol. The maximum absolute atomic E-state index is 11.0. The monoisotopic (exact) mass is 180 g/mol. The Morgan fingerprint density at radius 3 is 2.92 bits per heavy atom. The lowest BCUT2D eigenvalue weighted by Gasteiger charge is -2.00. The van der Waals surface area contributed by atoms with Crippen LogP contribution >= 0.6 is 0 Å². The Morgan fingerprint density at radius 1 is 1.69 bits per heavy atom. The fraction of sp³-hybridized carbons (Fsp3) is 0.125. The third-order valence-electron chi connectivity index (χ3n) is 1.39. The zero-order chi connectivity index (χ0) is 9.84. The van der Waals surface area contributed by atoms with Crippen molar-refractivity contribution >= 4 is 5.97 Å². The van der Waals surface area contributed by atoms with Gasteiger partial charge in [0.05, 0.1) is 6.54 Å². The number of rotatable bonds is 3. The Balaban J connectivity index is 3.18. The van der Waals surface area contributed by atoms with E-state index < -0.39 is 5.97 Å². The smallest absolute Gasteiger partial charge is 0.356 e. The molecule has 1 heterocycles. The number of allylic oxidation sites excluding steroid dienone is 1. The second-order valence-corrected chi connectivity index (χ2v) is 2.33. The van der Waals surface area contributed by atoms with Crippen molar-refractivity contribution in [1.82, 2.24) is 9.78 Å². The van der Waals surface area contributed by atoms with Gasteiger partial charge >= 0.3 is 5.97 Å². The van der Waals surface area contributed by atoms with Gasteiger partial charge in [0.2, 0.25) is 0 Å². The number of aromatic nitrogens is 2. The van der Waals surface area contributed by atoms with Crippen LogP contribution in [0.25, 0.3) is 0 Å². The molecule has 5 nitrogen and oxygen atoms in total. The summed E-state index contributed by atoms with van der Waals surface area (Å²) in [6.07, 6.45) is 1.47. The first kappa shape index (κ1) is 9.18. The predicted octanol–water partition coefficient (Wildman–Crippen LogP) is 0.127. The van der Waals surface area contributed by atoms with Gasteiger partial charge in [-0.3, -0.25) is 4.79 Å². The third kappa shape index (κ3) is 2.02. The first-order valence-corrected chi connectivity index (χ1v) is 3.57. The summed E-state index contributed by atoms with van der Waals surface area (Å²) in [6, 6.07) is 2.34. The number of hydrogen-bond acceptors (Lipinski definition) is 3. The minimum absolute atomic E-state index is 0.151. The van der Waals surface area contributed by atoms with Gasteiger partial charge in [0.25, 0.3) is 5.56 Å². The van der Waals surface area contributed by atoms with E-state index in [2.05, 4.69) is 11.7 Å². The molecule has 0 atom stereocenters. The average Bonchev–Trinajstić information content (AvgIpc) is 2.08. The first-order valence-electron chi connectivity index (χ1n) is 3.57. The van der Waals surface area contributed by atoms with E-state index in [9.17, 15) is 9.59 Å². The highest BCUT2D eigenvalue weighted by molar-refractivity contribution is 5.84. The van der Waals surface area contributed by atoms with E-state index in [-0.39, 0.29) is 17.8 Å². The molecule has 68 valence electrons. The summed E-state index contributed by atoms with van der Waals surface area (Å²) in [5, 5.41) is 12.2. The van der Waals surface area contributed by atoms with Gasteiger partial charge in [-0.05, 0) is 6.07 Å². The fourth-order valence-corrected chi connectivity index (χ4v) is 0.816. The van der Waals surface area contributed by atoms with Gasteiger partial charge in [-0.25, -0.2) is 9.48 Å². The fourth-order valence-electron chi connectivity index (χ4n) is 0.816. The summed E-state index contributed by atoms with van der Waals surface area (Å²) in [5.74, 6) is -1.15. The van der Waals surface area contributed by atoms with E-state index >= 15 is 0 Å². The van der Waals surface area contributed by atoms with Crippen molar-refractivity contribution in [2.24, 2.45) is 0 Å². The lowest BCUT2D eigenvalue weighted by Crippen LogP contribution is -2.23. The standard InChI is InChI=1S/C8H8N2O3/c1-2-5-10-7(11)4-3-6(9-10)8(12)13/h2-4H,1,5H2,(H,12,13). The highest BCUT2D eigenvalue weighted by Crippen LogP contribution is 1.89. The molecule has 0 aliphatic heterocycles. The summed E-state index contributed by atoms with van der Waals surface area (Å²) >= 11 is 0. The first-order chi connectivity index (χ1) is 6.15. The molecule has 0 radical (unpaired) electrons. The Kier molecular flexibility index (Phi) is 2.59. The summed E-state index contributed by atoms with van der Waals surface area (Å²) in [7, 11) is 0. The van der Waals surface area contributed by atoms with Crippen LogP contribution in [0.5, 0.6) is 0 Å². The molecule has 0 aromatic carbocycles. The number of nitrogens with zero attached hydrogens (tertiary/aromatic N) is 2. The maximum Gasteiger partial charge on any atom is 0.356 e. The van der Waals surface area contributed by atoms with E-state index in [0.29, 0.717) is 0 Å². The number of aromatic carboxylic acids is 1. The van der Waals surface area contributed by atoms with E-state index in [4.69, 9.17) is 5.11 Å². The van der Waals surface area contributed by atoms with Crippen molar-refractivity contribution < 1.29 is 9.90 Å². The summed E-state index contributed by atoms with van der Waals surface area (Å²) in [5.41, 5.74) is -0.494. The average molecular weight is 180 g/mol. The number of hydrogen-bond donors (Lipinski definition) is 1. The molecule has 0 bridgehead atoms. The van der Waals surface area contributed by atoms with Gasteiger partial charge in [0.15, 0.2) is 5.69 Å². The van der Waals surface area contributed by atoms with E-state index in [0.717, 1.165) is 4.68 Å². The molecule has 1 aromatic heterocycles. The number of carboxylic acids is 1. The highest BCUT2D eigenvalue weighted by Gasteiger charge is 2.05. The topological polar surface area (TPSA) is 72.2 Å². The van der Waals surface area contributed by atoms with Crippen LogP contribution in [0.15, 0.2) is 29.6 Å². The summed E-state index contributed by atoms with van der Waals surface area (Å²) in [6.45, 7) is 3.63. The van der Waals surface area contributed by atoms with E-state index in [1.54, 1.807) is 0 Å². The Morgan fingerprint density at radius 2 is 2.38 bits per heavy atom. The molecular weight excluding hydrogens is 172 g/mol. The van der Waals surface area contributed by atoms with Gasteiger partial charge in [0, 0.05) is 6.07 Å². The van der Waals surface area contributed by atoms with Crippen LogP contribution in [0.1, 0.15) is 10.5 Å². The summed E-state index contributed by atoms with van der Waals surface area (Å²) in [4.78, 5) is 21.5. The second-order valence-electron chi connectivity index (χ2n) is 2.33. The van der Waals surface area contributed by atoms with Crippen molar-refractivity contribution in [2.75, 3.05) is 0 Å². The molecule has 0 saturated heterocycles. The van der Waals surface area contributed by atoms with Crippen molar-refractivity contribution in [3.8, 4) is 0 Å². The molecule has 0 amide bonds. The lowest BCUT2D eigenvalue weighted by atomic mass is 10.4. The van der Waals surface area contributed by atoms with Crippen LogP contribution in [0.2, 0.25) is 0 Å². The Hall–Kier alpha value is -1.91. The molecule has 5 heteroatoms. The molecule has 1 rings (SSSR count). The molecule has 13 heavy (non-hydrogen) atoms. The summed E-state index contributed by atoms with van der Waals surface area (Å²) < 4.78 is 1.04. The van der Waals surface area contributed by atoms with Gasteiger partial charge in [-0.2, -0.15) is 5.10 Å². The minimum atomic E-state index is -1.15. The Bertz CT molecular complexity index is 395. The minimum Gasteiger partial charge on any atom is -0.476 e. The SMILES string of the molecule is C=CCn1nc(C(=O)O)ccc1=O. The normalized spacial score (nSPS) is 9.54. The van der Waals surface area contributed by atoms with Gasteiger partial charge in [-0.1, -0.05) is 6.08 Å². The van der Waals surface area contributed by atoms with Crippen LogP contribution < -0.4 is 5.56 Å². The molecule has 0 unspecified atom stereocenters. The largest absolute Gasteiger partial charge is 0.476 e. The Labute approximate surface area is 73.9 Å². The van der Waals surface area contributed by atoms with Gasteiger partial charge < -0.3 is 5.11 Å². The van der Waals surface area contributed by atoms with Crippen LogP contribution in [0.3, 0.4) is 0 Å².